The van der Waals surface area contributed by atoms with E-state index in [0.717, 1.165) is 6.42 Å². The van der Waals surface area contributed by atoms with Crippen molar-refractivity contribution in [3.8, 4) is 0 Å². The van der Waals surface area contributed by atoms with Crippen LogP contribution in [0.15, 0.2) is 30.3 Å². The first-order valence-corrected chi connectivity index (χ1v) is 5.14. The molecule has 0 radical (unpaired) electrons. The van der Waals surface area contributed by atoms with Gasteiger partial charge in [-0.15, -0.1) is 0 Å². The molecule has 0 saturated heterocycles. The van der Waals surface area contributed by atoms with Crippen LogP contribution in [0.3, 0.4) is 0 Å². The summed E-state index contributed by atoms with van der Waals surface area (Å²) in [5.41, 5.74) is 10.1. The van der Waals surface area contributed by atoms with E-state index in [4.69, 9.17) is 5.73 Å². The maximum absolute atomic E-state index is 5.80. The zero-order valence-electron chi connectivity index (χ0n) is 8.88. The average molecular weight is 187 g/mol. The van der Waals surface area contributed by atoms with Crippen molar-refractivity contribution in [1.82, 2.24) is 0 Å². The number of fused-ring (bicyclic) bond motifs is 1. The van der Waals surface area contributed by atoms with Gasteiger partial charge in [0.2, 0.25) is 0 Å². The highest BCUT2D eigenvalue weighted by Crippen LogP contribution is 2.39. The highest BCUT2D eigenvalue weighted by molar-refractivity contribution is 5.76. The van der Waals surface area contributed by atoms with E-state index in [2.05, 4.69) is 44.2 Å². The molecule has 1 aromatic rings. The van der Waals surface area contributed by atoms with Crippen molar-refractivity contribution >= 4 is 5.57 Å². The fraction of sp³-hybridized carbons (Fsp3) is 0.385. The van der Waals surface area contributed by atoms with Crippen molar-refractivity contribution in [2.75, 3.05) is 6.54 Å². The maximum Gasteiger partial charge on any atom is 0.00220 e. The molecule has 0 unspecified atom stereocenters. The second-order valence-corrected chi connectivity index (χ2v) is 4.57. The van der Waals surface area contributed by atoms with Crippen molar-refractivity contribution in [2.24, 2.45) is 11.1 Å². The van der Waals surface area contributed by atoms with Crippen LogP contribution in [-0.2, 0) is 6.42 Å². The van der Waals surface area contributed by atoms with Gasteiger partial charge in [0, 0.05) is 12.0 Å². The molecule has 74 valence electrons. The molecule has 14 heavy (non-hydrogen) atoms. The predicted octanol–water partition coefficient (Wildman–Crippen LogP) is 2.61. The number of allylic oxidation sites excluding steroid dienone is 1. The van der Waals surface area contributed by atoms with Crippen LogP contribution in [0.2, 0.25) is 0 Å². The van der Waals surface area contributed by atoms with E-state index in [-0.39, 0.29) is 5.41 Å². The Labute approximate surface area is 85.6 Å². The van der Waals surface area contributed by atoms with Gasteiger partial charge >= 0.3 is 0 Å². The second-order valence-electron chi connectivity index (χ2n) is 4.57. The molecule has 1 aliphatic rings. The van der Waals surface area contributed by atoms with Gasteiger partial charge in [-0.05, 0) is 23.1 Å². The van der Waals surface area contributed by atoms with Crippen LogP contribution in [0.1, 0.15) is 25.0 Å². The zero-order chi connectivity index (χ0) is 10.2. The van der Waals surface area contributed by atoms with Gasteiger partial charge in [0.15, 0.2) is 0 Å². The van der Waals surface area contributed by atoms with Gasteiger partial charge < -0.3 is 5.73 Å². The van der Waals surface area contributed by atoms with E-state index >= 15 is 0 Å². The first kappa shape index (κ1) is 9.47. The number of rotatable bonds is 2. The lowest BCUT2D eigenvalue weighted by Gasteiger charge is -2.25. The summed E-state index contributed by atoms with van der Waals surface area (Å²) >= 11 is 0. The van der Waals surface area contributed by atoms with Crippen LogP contribution in [0.25, 0.3) is 5.57 Å². The van der Waals surface area contributed by atoms with Gasteiger partial charge in [0.05, 0.1) is 0 Å². The van der Waals surface area contributed by atoms with Crippen molar-refractivity contribution in [3.05, 3.63) is 41.5 Å². The van der Waals surface area contributed by atoms with Crippen molar-refractivity contribution in [3.63, 3.8) is 0 Å². The molecular formula is C13H17N. The van der Waals surface area contributed by atoms with Gasteiger partial charge in [-0.3, -0.25) is 0 Å². The maximum atomic E-state index is 5.80. The highest BCUT2D eigenvalue weighted by Gasteiger charge is 2.26. The second kappa shape index (κ2) is 3.25. The van der Waals surface area contributed by atoms with Crippen LogP contribution in [0, 0.1) is 5.41 Å². The SMILES string of the molecule is CC(C)(CN)C1=CCc2ccccc21. The number of nitrogens with two attached hydrogens (primary N) is 1. The largest absolute Gasteiger partial charge is 0.330 e. The first-order chi connectivity index (χ1) is 6.65. The monoisotopic (exact) mass is 187 g/mol. The van der Waals surface area contributed by atoms with E-state index in [0.29, 0.717) is 6.54 Å². The lowest BCUT2D eigenvalue weighted by molar-refractivity contribution is 0.516. The molecule has 1 nitrogen and oxygen atoms in total. The summed E-state index contributed by atoms with van der Waals surface area (Å²) < 4.78 is 0. The molecular weight excluding hydrogens is 170 g/mol. The standard InChI is InChI=1S/C13H17N/c1-13(2,9-14)12-8-7-10-5-3-4-6-11(10)12/h3-6,8H,7,9,14H2,1-2H3. The third kappa shape index (κ3) is 1.38. The van der Waals surface area contributed by atoms with Gasteiger partial charge in [-0.25, -0.2) is 0 Å². The van der Waals surface area contributed by atoms with E-state index < -0.39 is 0 Å². The molecule has 0 fully saturated rings. The smallest absolute Gasteiger partial charge is 0.00220 e. The van der Waals surface area contributed by atoms with E-state index in [9.17, 15) is 0 Å². The van der Waals surface area contributed by atoms with E-state index in [1.165, 1.54) is 16.7 Å². The third-order valence-electron chi connectivity index (χ3n) is 3.07. The molecule has 0 amide bonds. The molecule has 0 saturated carbocycles. The minimum Gasteiger partial charge on any atom is -0.330 e. The van der Waals surface area contributed by atoms with Crippen molar-refractivity contribution in [1.29, 1.82) is 0 Å². The Balaban J connectivity index is 2.43. The first-order valence-electron chi connectivity index (χ1n) is 5.14. The zero-order valence-corrected chi connectivity index (χ0v) is 8.88. The summed E-state index contributed by atoms with van der Waals surface area (Å²) in [6.45, 7) is 5.12. The molecule has 0 aromatic heterocycles. The molecule has 0 spiro atoms. The minimum atomic E-state index is 0.104. The Hall–Kier alpha value is -1.08. The molecule has 1 aromatic carbocycles. The van der Waals surface area contributed by atoms with Gasteiger partial charge in [-0.1, -0.05) is 44.2 Å². The third-order valence-corrected chi connectivity index (χ3v) is 3.07. The number of benzene rings is 1. The van der Waals surface area contributed by atoms with Crippen LogP contribution in [-0.4, -0.2) is 6.54 Å². The molecule has 1 aliphatic carbocycles. The van der Waals surface area contributed by atoms with E-state index in [1.807, 2.05) is 0 Å². The normalized spacial score (nSPS) is 15.2. The average Bonchev–Trinajstić information content (AvgIpc) is 2.61. The Morgan fingerprint density at radius 3 is 2.71 bits per heavy atom. The summed E-state index contributed by atoms with van der Waals surface area (Å²) in [5.74, 6) is 0. The molecule has 0 heterocycles. The van der Waals surface area contributed by atoms with Crippen LogP contribution < -0.4 is 5.73 Å². The highest BCUT2D eigenvalue weighted by atomic mass is 14.6. The number of hydrogen-bond donors (Lipinski definition) is 1. The molecule has 0 bridgehead atoms. The summed E-state index contributed by atoms with van der Waals surface area (Å²) in [6.07, 6.45) is 3.38. The Bertz CT molecular complexity index is 375. The lowest BCUT2D eigenvalue weighted by atomic mass is 9.81. The molecule has 0 atom stereocenters. The van der Waals surface area contributed by atoms with Crippen molar-refractivity contribution in [2.45, 2.75) is 20.3 Å². The topological polar surface area (TPSA) is 26.0 Å². The van der Waals surface area contributed by atoms with Crippen LogP contribution in [0.5, 0.6) is 0 Å². The lowest BCUT2D eigenvalue weighted by Crippen LogP contribution is -2.24. The van der Waals surface area contributed by atoms with E-state index in [1.54, 1.807) is 0 Å². The summed E-state index contributed by atoms with van der Waals surface area (Å²) in [4.78, 5) is 0. The predicted molar refractivity (Wildman–Crippen MR) is 61.0 cm³/mol. The van der Waals surface area contributed by atoms with Gasteiger partial charge in [0.25, 0.3) is 0 Å². The Morgan fingerprint density at radius 2 is 2.00 bits per heavy atom. The molecule has 2 rings (SSSR count). The van der Waals surface area contributed by atoms with Crippen LogP contribution in [0.4, 0.5) is 0 Å². The summed E-state index contributed by atoms with van der Waals surface area (Å²) in [5, 5.41) is 0. The molecule has 1 heteroatoms. The Kier molecular flexibility index (Phi) is 2.20. The van der Waals surface area contributed by atoms with Crippen LogP contribution >= 0.6 is 0 Å². The fourth-order valence-electron chi connectivity index (χ4n) is 2.03. The fourth-order valence-corrected chi connectivity index (χ4v) is 2.03. The van der Waals surface area contributed by atoms with Gasteiger partial charge in [-0.2, -0.15) is 0 Å². The molecule has 2 N–H and O–H groups in total. The summed E-state index contributed by atoms with van der Waals surface area (Å²) in [6, 6.07) is 8.60. The quantitative estimate of drug-likeness (QED) is 0.756. The number of hydrogen-bond acceptors (Lipinski definition) is 1. The Morgan fingerprint density at radius 1 is 1.29 bits per heavy atom. The molecule has 0 aliphatic heterocycles. The minimum absolute atomic E-state index is 0.104. The van der Waals surface area contributed by atoms with Crippen molar-refractivity contribution < 1.29 is 0 Å². The summed E-state index contributed by atoms with van der Waals surface area (Å²) in [7, 11) is 0. The van der Waals surface area contributed by atoms with Gasteiger partial charge in [0.1, 0.15) is 0 Å².